The molecule has 0 spiro atoms. The lowest BCUT2D eigenvalue weighted by molar-refractivity contribution is 0.686. The average Bonchev–Trinajstić information content (AvgIpc) is 2.57. The van der Waals surface area contributed by atoms with Crippen molar-refractivity contribution >= 4 is 29.9 Å². The second-order valence-corrected chi connectivity index (χ2v) is 5.15. The minimum atomic E-state index is 0. The number of pyridine rings is 1. The number of hydrogen-bond donors (Lipinski definition) is 2. The van der Waals surface area contributed by atoms with Gasteiger partial charge in [0.15, 0.2) is 5.96 Å². The zero-order valence-corrected chi connectivity index (χ0v) is 16.0. The van der Waals surface area contributed by atoms with Crippen molar-refractivity contribution in [1.82, 2.24) is 15.6 Å². The standard InChI is InChI=1S/C18H24N4.HI/c1-3-20-18(21-13-11-16-8-7-12-19-14-16)22-15(2)17-9-5-4-6-10-17;/h4-10,12,14-15H,3,11,13H2,1-2H3,(H2,20,21,22);1H. The van der Waals surface area contributed by atoms with Crippen molar-refractivity contribution in [2.45, 2.75) is 26.3 Å². The van der Waals surface area contributed by atoms with Gasteiger partial charge in [-0.05, 0) is 37.5 Å². The fraction of sp³-hybridized carbons (Fsp3) is 0.333. The van der Waals surface area contributed by atoms with Crippen molar-refractivity contribution in [2.24, 2.45) is 4.99 Å². The third-order valence-electron chi connectivity index (χ3n) is 3.39. The van der Waals surface area contributed by atoms with Crippen LogP contribution in [0, 0.1) is 0 Å². The normalized spacial score (nSPS) is 12.2. The van der Waals surface area contributed by atoms with Crippen LogP contribution in [0.2, 0.25) is 0 Å². The summed E-state index contributed by atoms with van der Waals surface area (Å²) in [5.41, 5.74) is 2.46. The minimum absolute atomic E-state index is 0. The number of aromatic nitrogens is 1. The van der Waals surface area contributed by atoms with Crippen LogP contribution in [0.4, 0.5) is 0 Å². The predicted molar refractivity (Wildman–Crippen MR) is 107 cm³/mol. The molecule has 1 aromatic carbocycles. The molecule has 1 aromatic heterocycles. The molecule has 0 saturated heterocycles. The molecule has 5 heteroatoms. The molecule has 0 bridgehead atoms. The highest BCUT2D eigenvalue weighted by Crippen LogP contribution is 2.10. The van der Waals surface area contributed by atoms with Crippen molar-refractivity contribution in [3.05, 3.63) is 66.0 Å². The molecule has 0 fully saturated rings. The van der Waals surface area contributed by atoms with Gasteiger partial charge in [0.05, 0.1) is 6.04 Å². The van der Waals surface area contributed by atoms with Gasteiger partial charge < -0.3 is 10.6 Å². The van der Waals surface area contributed by atoms with E-state index in [1.165, 1.54) is 11.1 Å². The third-order valence-corrected chi connectivity index (χ3v) is 3.39. The molecule has 0 aliphatic rings. The van der Waals surface area contributed by atoms with Crippen LogP contribution in [0.1, 0.15) is 31.0 Å². The first-order valence-electron chi connectivity index (χ1n) is 7.78. The number of aliphatic imine (C=N–C) groups is 1. The van der Waals surface area contributed by atoms with Gasteiger partial charge in [0.25, 0.3) is 0 Å². The van der Waals surface area contributed by atoms with Gasteiger partial charge in [-0.25, -0.2) is 0 Å². The van der Waals surface area contributed by atoms with E-state index in [4.69, 9.17) is 0 Å². The average molecular weight is 424 g/mol. The Morgan fingerprint density at radius 3 is 2.61 bits per heavy atom. The Morgan fingerprint density at radius 1 is 1.17 bits per heavy atom. The number of rotatable bonds is 6. The summed E-state index contributed by atoms with van der Waals surface area (Å²) in [6.07, 6.45) is 4.58. The number of guanidine groups is 1. The zero-order chi connectivity index (χ0) is 15.6. The highest BCUT2D eigenvalue weighted by Gasteiger charge is 2.06. The fourth-order valence-electron chi connectivity index (χ4n) is 2.19. The molecule has 1 heterocycles. The van der Waals surface area contributed by atoms with Crippen LogP contribution in [0.15, 0.2) is 59.9 Å². The molecule has 0 saturated carbocycles. The molecule has 124 valence electrons. The first-order valence-corrected chi connectivity index (χ1v) is 7.78. The smallest absolute Gasteiger partial charge is 0.191 e. The summed E-state index contributed by atoms with van der Waals surface area (Å²) in [5, 5.41) is 6.74. The molecule has 0 aliphatic heterocycles. The molecule has 4 nitrogen and oxygen atoms in total. The molecule has 0 amide bonds. The Balaban J connectivity index is 0.00000264. The molecule has 0 radical (unpaired) electrons. The lowest BCUT2D eigenvalue weighted by Crippen LogP contribution is -2.38. The number of nitrogens with zero attached hydrogens (tertiary/aromatic N) is 2. The van der Waals surface area contributed by atoms with Crippen molar-refractivity contribution < 1.29 is 0 Å². The number of benzene rings is 1. The van der Waals surface area contributed by atoms with Crippen LogP contribution < -0.4 is 10.6 Å². The highest BCUT2D eigenvalue weighted by molar-refractivity contribution is 14.0. The first-order chi connectivity index (χ1) is 10.8. The van der Waals surface area contributed by atoms with Gasteiger partial charge in [0.1, 0.15) is 0 Å². The van der Waals surface area contributed by atoms with Gasteiger partial charge in [-0.3, -0.25) is 9.98 Å². The van der Waals surface area contributed by atoms with Crippen LogP contribution in [0.5, 0.6) is 0 Å². The molecular weight excluding hydrogens is 399 g/mol. The maximum atomic E-state index is 4.64. The highest BCUT2D eigenvalue weighted by atomic mass is 127. The lowest BCUT2D eigenvalue weighted by Gasteiger charge is -2.18. The molecular formula is C18H25IN4. The van der Waals surface area contributed by atoms with Gasteiger partial charge in [-0.1, -0.05) is 36.4 Å². The summed E-state index contributed by atoms with van der Waals surface area (Å²) >= 11 is 0. The van der Waals surface area contributed by atoms with E-state index >= 15 is 0 Å². The molecule has 2 N–H and O–H groups in total. The predicted octanol–water partition coefficient (Wildman–Crippen LogP) is 3.56. The molecule has 1 atom stereocenters. The van der Waals surface area contributed by atoms with Crippen LogP contribution >= 0.6 is 24.0 Å². The number of nitrogens with one attached hydrogen (secondary N) is 2. The van der Waals surface area contributed by atoms with E-state index in [0.717, 1.165) is 25.5 Å². The van der Waals surface area contributed by atoms with Crippen molar-refractivity contribution in [3.63, 3.8) is 0 Å². The van der Waals surface area contributed by atoms with Crippen LogP contribution in [-0.4, -0.2) is 24.0 Å². The summed E-state index contributed by atoms with van der Waals surface area (Å²) in [5.74, 6) is 0.850. The van der Waals surface area contributed by atoms with Crippen LogP contribution in [-0.2, 0) is 6.42 Å². The van der Waals surface area contributed by atoms with E-state index in [0.29, 0.717) is 0 Å². The summed E-state index contributed by atoms with van der Waals surface area (Å²) in [6, 6.07) is 14.6. The Morgan fingerprint density at radius 2 is 1.96 bits per heavy atom. The van der Waals surface area contributed by atoms with E-state index in [-0.39, 0.29) is 30.0 Å². The molecule has 23 heavy (non-hydrogen) atoms. The topological polar surface area (TPSA) is 49.3 Å². The van der Waals surface area contributed by atoms with Crippen LogP contribution in [0.3, 0.4) is 0 Å². The SMILES string of the molecule is CCNC(=NCCc1cccnc1)NC(C)c1ccccc1.I. The lowest BCUT2D eigenvalue weighted by atomic mass is 10.1. The van der Waals surface area contributed by atoms with Crippen LogP contribution in [0.25, 0.3) is 0 Å². The Labute approximate surface area is 155 Å². The van der Waals surface area contributed by atoms with Crippen molar-refractivity contribution in [2.75, 3.05) is 13.1 Å². The third kappa shape index (κ3) is 6.99. The maximum absolute atomic E-state index is 4.64. The van der Waals surface area contributed by atoms with Gasteiger partial charge in [-0.2, -0.15) is 0 Å². The van der Waals surface area contributed by atoms with E-state index in [1.807, 2.05) is 18.3 Å². The monoisotopic (exact) mass is 424 g/mol. The number of hydrogen-bond acceptors (Lipinski definition) is 2. The maximum Gasteiger partial charge on any atom is 0.191 e. The molecule has 2 aromatic rings. The second-order valence-electron chi connectivity index (χ2n) is 5.15. The van der Waals surface area contributed by atoms with Gasteiger partial charge in [-0.15, -0.1) is 24.0 Å². The summed E-state index contributed by atoms with van der Waals surface area (Å²) in [6.45, 7) is 5.80. The van der Waals surface area contributed by atoms with Gasteiger partial charge in [0.2, 0.25) is 0 Å². The minimum Gasteiger partial charge on any atom is -0.357 e. The van der Waals surface area contributed by atoms with Gasteiger partial charge >= 0.3 is 0 Å². The summed E-state index contributed by atoms with van der Waals surface area (Å²) in [4.78, 5) is 8.77. The van der Waals surface area contributed by atoms with E-state index in [1.54, 1.807) is 6.20 Å². The van der Waals surface area contributed by atoms with E-state index in [2.05, 4.69) is 64.8 Å². The van der Waals surface area contributed by atoms with Gasteiger partial charge in [0, 0.05) is 25.5 Å². The molecule has 2 rings (SSSR count). The fourth-order valence-corrected chi connectivity index (χ4v) is 2.19. The number of halogens is 1. The Hall–Kier alpha value is -1.63. The molecule has 1 unspecified atom stereocenters. The summed E-state index contributed by atoms with van der Waals surface area (Å²) < 4.78 is 0. The quantitative estimate of drug-likeness (QED) is 0.424. The van der Waals surface area contributed by atoms with Crippen molar-refractivity contribution in [3.8, 4) is 0 Å². The van der Waals surface area contributed by atoms with Crippen molar-refractivity contribution in [1.29, 1.82) is 0 Å². The Bertz CT molecular complexity index is 572. The Kier molecular flexibility index (Phi) is 9.28. The molecule has 0 aliphatic carbocycles. The zero-order valence-electron chi connectivity index (χ0n) is 13.7. The first kappa shape index (κ1) is 19.4. The second kappa shape index (κ2) is 11.0. The van der Waals surface area contributed by atoms with E-state index in [9.17, 15) is 0 Å². The van der Waals surface area contributed by atoms with E-state index < -0.39 is 0 Å². The largest absolute Gasteiger partial charge is 0.357 e. The summed E-state index contributed by atoms with van der Waals surface area (Å²) in [7, 11) is 0.